The van der Waals surface area contributed by atoms with E-state index < -0.39 is 0 Å². The van der Waals surface area contributed by atoms with Crippen molar-refractivity contribution in [3.8, 4) is 5.75 Å². The summed E-state index contributed by atoms with van der Waals surface area (Å²) in [5, 5.41) is 11.0. The molecule has 5 nitrogen and oxygen atoms in total. The smallest absolute Gasteiger partial charge is 0.122 e. The number of unbranched alkanes of at least 4 members (excludes halogenated alkanes) is 2. The molecule has 7 heteroatoms. The summed E-state index contributed by atoms with van der Waals surface area (Å²) in [6.07, 6.45) is 14.6. The molecule has 2 N–H and O–H groups in total. The Labute approximate surface area is 340 Å². The van der Waals surface area contributed by atoms with Crippen molar-refractivity contribution in [1.29, 1.82) is 0 Å². The van der Waals surface area contributed by atoms with E-state index in [1.807, 2.05) is 71.2 Å². The quantitative estimate of drug-likeness (QED) is 0.112. The van der Waals surface area contributed by atoms with Crippen LogP contribution in [0.1, 0.15) is 141 Å². The van der Waals surface area contributed by atoms with Crippen LogP contribution in [0.15, 0.2) is 89.0 Å². The zero-order chi connectivity index (χ0) is 40.4. The Morgan fingerprint density at radius 3 is 2.04 bits per heavy atom. The van der Waals surface area contributed by atoms with Gasteiger partial charge in [0, 0.05) is 17.5 Å². The van der Waals surface area contributed by atoms with Crippen LogP contribution in [0.25, 0.3) is 11.4 Å². The molecule has 0 aliphatic carbocycles. The molecule has 1 saturated heterocycles. The molecule has 1 fully saturated rings. The summed E-state index contributed by atoms with van der Waals surface area (Å²) < 4.78 is 5.71. The van der Waals surface area contributed by atoms with E-state index in [1.165, 1.54) is 55.6 Å². The van der Waals surface area contributed by atoms with Crippen LogP contribution in [-0.2, 0) is 12.8 Å². The number of rotatable bonds is 16. The van der Waals surface area contributed by atoms with Crippen LogP contribution < -0.4 is 15.4 Å². The Kier molecular flexibility index (Phi) is 32.4. The summed E-state index contributed by atoms with van der Waals surface area (Å²) in [6, 6.07) is 15.3. The Morgan fingerprint density at radius 2 is 1.50 bits per heavy atom. The third-order valence-electron chi connectivity index (χ3n) is 8.17. The lowest BCUT2D eigenvalue weighted by Gasteiger charge is -2.19. The number of benzene rings is 1. The van der Waals surface area contributed by atoms with E-state index in [0.29, 0.717) is 6.04 Å². The fourth-order valence-electron chi connectivity index (χ4n) is 5.46. The zero-order valence-corrected chi connectivity index (χ0v) is 37.3. The van der Waals surface area contributed by atoms with Crippen molar-refractivity contribution in [2.45, 2.75) is 139 Å². The molecule has 0 saturated carbocycles. The van der Waals surface area contributed by atoms with Gasteiger partial charge in [-0.3, -0.25) is 9.98 Å². The summed E-state index contributed by atoms with van der Waals surface area (Å²) in [6.45, 7) is 34.8. The van der Waals surface area contributed by atoms with E-state index in [4.69, 9.17) is 4.74 Å². The van der Waals surface area contributed by atoms with Crippen molar-refractivity contribution in [1.82, 2.24) is 10.6 Å². The number of ether oxygens (including phenoxy) is 1. The summed E-state index contributed by atoms with van der Waals surface area (Å²) in [4.78, 5) is 11.4. The van der Waals surface area contributed by atoms with Crippen molar-refractivity contribution >= 4 is 45.5 Å². The number of nitrogens with zero attached hydrogens (tertiary/aromatic N) is 2. The molecule has 1 aromatic carbocycles. The molecule has 0 radical (unpaired) electrons. The lowest BCUT2D eigenvalue weighted by molar-refractivity contribution is 0.288. The number of aryl methyl sites for hydroxylation is 1. The largest absolute Gasteiger partial charge is 0.493 e. The second-order valence-corrected chi connectivity index (χ2v) is 14.4. The van der Waals surface area contributed by atoms with Gasteiger partial charge in [-0.15, -0.1) is 22.7 Å². The topological polar surface area (TPSA) is 58.0 Å². The predicted octanol–water partition coefficient (Wildman–Crippen LogP) is 13.9. The van der Waals surface area contributed by atoms with Gasteiger partial charge in [-0.25, -0.2) is 0 Å². The number of allylic oxidation sites excluding steroid dienone is 1. The van der Waals surface area contributed by atoms with Gasteiger partial charge in [-0.1, -0.05) is 98.9 Å². The fraction of sp³-hybridized carbons (Fsp3) is 0.532. The van der Waals surface area contributed by atoms with E-state index in [1.54, 1.807) is 22.7 Å². The standard InChI is InChI=1S/C24H32N2OS.C13H17NS.C4H9N.3C2H6/c1-18(26-20(3)24-10-7-15-28-24)8-4-5-13-25-19(2)16-21-11-12-23-22(17-21)9-6-14-27-23;1-4-6-8-12(5-2)14-11(3)13-9-7-10-15-13;1-2-4-5-3-1;3*1-2/h7,10-12,15,17,19,25H,3-6,8-9,13-14,16H2,1-2H3;5,7,9-10H,2-4,6,8H2,1H3;5H,1-4H2;3*1-2H3/t19-;;;;;/m1...../s1. The number of aliphatic imine (C=N–C) groups is 2. The maximum Gasteiger partial charge on any atom is 0.122 e. The normalized spacial score (nSPS) is 13.5. The molecule has 0 amide bonds. The van der Waals surface area contributed by atoms with Crippen molar-refractivity contribution in [3.05, 3.63) is 99.9 Å². The molecular weight excluding hydrogens is 701 g/mol. The molecule has 5 rings (SSSR count). The van der Waals surface area contributed by atoms with Crippen molar-refractivity contribution in [2.75, 3.05) is 26.2 Å². The van der Waals surface area contributed by atoms with E-state index in [2.05, 4.69) is 90.8 Å². The van der Waals surface area contributed by atoms with E-state index in [0.717, 1.165) is 90.7 Å². The Hall–Kier alpha value is -3.10. The third-order valence-corrected chi connectivity index (χ3v) is 10.0. The highest BCUT2D eigenvalue weighted by molar-refractivity contribution is 7.11. The van der Waals surface area contributed by atoms with Crippen LogP contribution in [0, 0.1) is 0 Å². The Bertz CT molecular complexity index is 1410. The molecule has 4 heterocycles. The lowest BCUT2D eigenvalue weighted by Crippen LogP contribution is -2.29. The van der Waals surface area contributed by atoms with Crippen molar-refractivity contribution in [3.63, 3.8) is 0 Å². The second kappa shape index (κ2) is 34.4. The van der Waals surface area contributed by atoms with Gasteiger partial charge in [0.15, 0.2) is 0 Å². The minimum absolute atomic E-state index is 0.482. The molecule has 0 unspecified atom stereocenters. The molecule has 2 aromatic heterocycles. The van der Waals surface area contributed by atoms with Gasteiger partial charge in [0.2, 0.25) is 0 Å². The third kappa shape index (κ3) is 23.0. The SMILES string of the molecule is C1CCNC1.C=C(N=C(C)CCCCN[C@H](C)Cc1ccc2c(c1)CCCO2)c1cccs1.C=CC(CCCC)=NC(=C)c1cccs1.CC.CC.CC. The number of nitrogens with one attached hydrogen (secondary N) is 2. The first kappa shape index (κ1) is 50.9. The Morgan fingerprint density at radius 1 is 0.870 bits per heavy atom. The molecule has 3 aromatic rings. The average Bonchev–Trinajstić information content (AvgIpc) is 4.05. The van der Waals surface area contributed by atoms with Gasteiger partial charge < -0.3 is 15.4 Å². The molecule has 2 aliphatic rings. The van der Waals surface area contributed by atoms with Gasteiger partial charge in [0.25, 0.3) is 0 Å². The van der Waals surface area contributed by atoms with Crippen LogP contribution in [0.2, 0.25) is 0 Å². The molecule has 54 heavy (non-hydrogen) atoms. The fourth-order valence-corrected chi connectivity index (χ4v) is 6.75. The summed E-state index contributed by atoms with van der Waals surface area (Å²) in [7, 11) is 0. The molecular formula is C47H76N4OS2. The number of hydrogen-bond acceptors (Lipinski definition) is 7. The molecule has 0 spiro atoms. The summed E-state index contributed by atoms with van der Waals surface area (Å²) in [5.74, 6) is 1.08. The molecule has 1 atom stereocenters. The zero-order valence-electron chi connectivity index (χ0n) is 35.7. The van der Waals surface area contributed by atoms with Crippen molar-refractivity contribution in [2.24, 2.45) is 9.98 Å². The number of thiophene rings is 2. The number of fused-ring (bicyclic) bond motifs is 1. The highest BCUT2D eigenvalue weighted by Gasteiger charge is 2.12. The predicted molar refractivity (Wildman–Crippen MR) is 248 cm³/mol. The first-order valence-corrected chi connectivity index (χ1v) is 22.5. The minimum atomic E-state index is 0.482. The van der Waals surface area contributed by atoms with E-state index >= 15 is 0 Å². The minimum Gasteiger partial charge on any atom is -0.493 e. The Balaban J connectivity index is 0.000000900. The second-order valence-electron chi connectivity index (χ2n) is 12.5. The van der Waals surface area contributed by atoms with Gasteiger partial charge >= 0.3 is 0 Å². The molecule has 0 bridgehead atoms. The number of hydrogen-bond donors (Lipinski definition) is 2. The average molecular weight is 777 g/mol. The van der Waals surface area contributed by atoms with Crippen LogP contribution in [0.4, 0.5) is 0 Å². The first-order valence-electron chi connectivity index (χ1n) is 20.8. The monoisotopic (exact) mass is 777 g/mol. The van der Waals surface area contributed by atoms with Gasteiger partial charge in [-0.2, -0.15) is 0 Å². The van der Waals surface area contributed by atoms with E-state index in [9.17, 15) is 0 Å². The first-order chi connectivity index (χ1) is 26.4. The molecule has 2 aliphatic heterocycles. The van der Waals surface area contributed by atoms with Crippen LogP contribution in [-0.4, -0.2) is 43.7 Å². The molecule has 302 valence electrons. The lowest BCUT2D eigenvalue weighted by atomic mass is 10.00. The van der Waals surface area contributed by atoms with Crippen LogP contribution in [0.5, 0.6) is 5.75 Å². The maximum atomic E-state index is 5.71. The summed E-state index contributed by atoms with van der Waals surface area (Å²) >= 11 is 3.36. The van der Waals surface area contributed by atoms with Crippen molar-refractivity contribution < 1.29 is 4.74 Å². The van der Waals surface area contributed by atoms with E-state index in [-0.39, 0.29) is 0 Å². The summed E-state index contributed by atoms with van der Waals surface area (Å²) in [5.41, 5.74) is 6.71. The van der Waals surface area contributed by atoms with Crippen LogP contribution in [0.3, 0.4) is 0 Å². The van der Waals surface area contributed by atoms with Gasteiger partial charge in [0.05, 0.1) is 27.8 Å². The van der Waals surface area contributed by atoms with Crippen LogP contribution >= 0.6 is 22.7 Å². The van der Waals surface area contributed by atoms with Gasteiger partial charge in [0.1, 0.15) is 5.75 Å². The highest BCUT2D eigenvalue weighted by atomic mass is 32.1. The maximum absolute atomic E-state index is 5.71. The van der Waals surface area contributed by atoms with Gasteiger partial charge in [-0.05, 0) is 144 Å². The highest BCUT2D eigenvalue weighted by Crippen LogP contribution is 2.26.